The van der Waals surface area contributed by atoms with Gasteiger partial charge in [0.25, 0.3) is 0 Å². The molecule has 1 aromatic carbocycles. The minimum Gasteiger partial charge on any atom is -0.390 e. The molecule has 1 aromatic rings. The van der Waals surface area contributed by atoms with Crippen LogP contribution in [-0.4, -0.2) is 23.7 Å². The van der Waals surface area contributed by atoms with Crippen LogP contribution >= 0.6 is 0 Å². The van der Waals surface area contributed by atoms with Gasteiger partial charge >= 0.3 is 0 Å². The SMILES string of the molecule is NCC1(C(=O)NC2c3ccccc3CC2O)CC1. The maximum atomic E-state index is 12.2. The van der Waals surface area contributed by atoms with Crippen molar-refractivity contribution in [3.63, 3.8) is 0 Å². The van der Waals surface area contributed by atoms with Gasteiger partial charge in [-0.2, -0.15) is 0 Å². The predicted octanol–water partition coefficient (Wildman–Crippen LogP) is 0.500. The smallest absolute Gasteiger partial charge is 0.228 e. The van der Waals surface area contributed by atoms with Crippen LogP contribution < -0.4 is 11.1 Å². The first-order valence-electron chi connectivity index (χ1n) is 6.43. The third-order valence-electron chi connectivity index (χ3n) is 4.22. The lowest BCUT2D eigenvalue weighted by Crippen LogP contribution is -2.41. The third-order valence-corrected chi connectivity index (χ3v) is 4.22. The number of amides is 1. The summed E-state index contributed by atoms with van der Waals surface area (Å²) in [6.07, 6.45) is 1.80. The van der Waals surface area contributed by atoms with Crippen molar-refractivity contribution in [2.45, 2.75) is 31.4 Å². The van der Waals surface area contributed by atoms with Crippen LogP contribution in [0, 0.1) is 5.41 Å². The second-order valence-corrected chi connectivity index (χ2v) is 5.41. The molecule has 0 heterocycles. The van der Waals surface area contributed by atoms with Gasteiger partial charge in [0.2, 0.25) is 5.91 Å². The van der Waals surface area contributed by atoms with Crippen LogP contribution in [0.2, 0.25) is 0 Å². The highest BCUT2D eigenvalue weighted by Gasteiger charge is 2.49. The number of nitrogens with two attached hydrogens (primary N) is 1. The summed E-state index contributed by atoms with van der Waals surface area (Å²) < 4.78 is 0. The number of hydrogen-bond donors (Lipinski definition) is 3. The first kappa shape index (κ1) is 11.7. The van der Waals surface area contributed by atoms with E-state index in [-0.39, 0.29) is 17.4 Å². The number of aliphatic hydroxyl groups is 1. The molecule has 1 fully saturated rings. The molecule has 18 heavy (non-hydrogen) atoms. The Balaban J connectivity index is 1.79. The fourth-order valence-corrected chi connectivity index (χ4v) is 2.72. The van der Waals surface area contributed by atoms with Gasteiger partial charge in [0.1, 0.15) is 0 Å². The van der Waals surface area contributed by atoms with Crippen LogP contribution in [0.5, 0.6) is 0 Å². The summed E-state index contributed by atoms with van der Waals surface area (Å²) in [5.74, 6) is -0.00856. The standard InChI is InChI=1S/C14H18N2O2/c15-8-14(5-6-14)13(18)16-12-10-4-2-1-3-9(10)7-11(12)17/h1-4,11-12,17H,5-8,15H2,(H,16,18). The molecule has 2 unspecified atom stereocenters. The van der Waals surface area contributed by atoms with Crippen LogP contribution in [0.4, 0.5) is 0 Å². The number of fused-ring (bicyclic) bond motifs is 1. The van der Waals surface area contributed by atoms with Crippen molar-refractivity contribution < 1.29 is 9.90 Å². The van der Waals surface area contributed by atoms with Gasteiger partial charge in [-0.25, -0.2) is 0 Å². The summed E-state index contributed by atoms with van der Waals surface area (Å²) in [7, 11) is 0. The highest BCUT2D eigenvalue weighted by atomic mass is 16.3. The first-order chi connectivity index (χ1) is 8.66. The molecule has 4 heteroatoms. The van der Waals surface area contributed by atoms with Crippen molar-refractivity contribution >= 4 is 5.91 Å². The fraction of sp³-hybridized carbons (Fsp3) is 0.500. The maximum absolute atomic E-state index is 12.2. The van der Waals surface area contributed by atoms with E-state index in [0.29, 0.717) is 13.0 Å². The zero-order valence-electron chi connectivity index (χ0n) is 10.2. The molecule has 1 amide bonds. The minimum atomic E-state index is -0.528. The first-order valence-corrected chi connectivity index (χ1v) is 6.43. The number of rotatable bonds is 3. The van der Waals surface area contributed by atoms with Crippen molar-refractivity contribution in [2.24, 2.45) is 11.1 Å². The predicted molar refractivity (Wildman–Crippen MR) is 67.8 cm³/mol. The summed E-state index contributed by atoms with van der Waals surface area (Å²) in [6, 6.07) is 7.58. The summed E-state index contributed by atoms with van der Waals surface area (Å²) in [5, 5.41) is 13.0. The van der Waals surface area contributed by atoms with E-state index < -0.39 is 6.10 Å². The number of hydrogen-bond acceptors (Lipinski definition) is 3. The second-order valence-electron chi connectivity index (χ2n) is 5.41. The Hall–Kier alpha value is -1.39. The van der Waals surface area contributed by atoms with E-state index in [1.165, 1.54) is 0 Å². The van der Waals surface area contributed by atoms with Gasteiger partial charge in [-0.3, -0.25) is 4.79 Å². The van der Waals surface area contributed by atoms with Gasteiger partial charge in [-0.15, -0.1) is 0 Å². The normalized spacial score (nSPS) is 27.7. The lowest BCUT2D eigenvalue weighted by Gasteiger charge is -2.21. The van der Waals surface area contributed by atoms with E-state index in [0.717, 1.165) is 24.0 Å². The Morgan fingerprint density at radius 3 is 2.83 bits per heavy atom. The molecule has 0 saturated heterocycles. The quantitative estimate of drug-likeness (QED) is 0.727. The molecule has 0 bridgehead atoms. The molecule has 0 aromatic heterocycles. The Kier molecular flexibility index (Phi) is 2.64. The van der Waals surface area contributed by atoms with Crippen molar-refractivity contribution in [2.75, 3.05) is 6.54 Å². The van der Waals surface area contributed by atoms with E-state index in [9.17, 15) is 9.90 Å². The molecule has 2 aliphatic carbocycles. The zero-order chi connectivity index (χ0) is 12.8. The average Bonchev–Trinajstić information content (AvgIpc) is 3.12. The van der Waals surface area contributed by atoms with Gasteiger partial charge < -0.3 is 16.2 Å². The number of aliphatic hydroxyl groups excluding tert-OH is 1. The molecular formula is C14H18N2O2. The molecule has 0 aliphatic heterocycles. The molecular weight excluding hydrogens is 228 g/mol. The Morgan fingerprint density at radius 1 is 1.44 bits per heavy atom. The van der Waals surface area contributed by atoms with E-state index in [2.05, 4.69) is 5.32 Å². The van der Waals surface area contributed by atoms with Crippen LogP contribution in [0.25, 0.3) is 0 Å². The molecule has 4 N–H and O–H groups in total. The average molecular weight is 246 g/mol. The highest BCUT2D eigenvalue weighted by Crippen LogP contribution is 2.45. The van der Waals surface area contributed by atoms with E-state index >= 15 is 0 Å². The Morgan fingerprint density at radius 2 is 2.17 bits per heavy atom. The van der Waals surface area contributed by atoms with Crippen molar-refractivity contribution in [3.8, 4) is 0 Å². The van der Waals surface area contributed by atoms with Crippen LogP contribution in [0.15, 0.2) is 24.3 Å². The number of benzene rings is 1. The van der Waals surface area contributed by atoms with Crippen LogP contribution in [-0.2, 0) is 11.2 Å². The molecule has 1 saturated carbocycles. The zero-order valence-corrected chi connectivity index (χ0v) is 10.2. The van der Waals surface area contributed by atoms with E-state index in [4.69, 9.17) is 5.73 Å². The molecule has 0 radical (unpaired) electrons. The largest absolute Gasteiger partial charge is 0.390 e. The van der Waals surface area contributed by atoms with E-state index in [1.54, 1.807) is 0 Å². The van der Waals surface area contributed by atoms with E-state index in [1.807, 2.05) is 24.3 Å². The maximum Gasteiger partial charge on any atom is 0.228 e. The monoisotopic (exact) mass is 246 g/mol. The summed E-state index contributed by atoms with van der Waals surface area (Å²) in [4.78, 5) is 12.2. The highest BCUT2D eigenvalue weighted by molar-refractivity contribution is 5.86. The van der Waals surface area contributed by atoms with Crippen molar-refractivity contribution in [1.82, 2.24) is 5.32 Å². The molecule has 0 spiro atoms. The molecule has 3 rings (SSSR count). The summed E-state index contributed by atoms with van der Waals surface area (Å²) in [6.45, 7) is 0.392. The number of nitrogens with one attached hydrogen (secondary N) is 1. The van der Waals surface area contributed by atoms with Crippen LogP contribution in [0.1, 0.15) is 30.0 Å². The molecule has 2 aliphatic rings. The lowest BCUT2D eigenvalue weighted by atomic mass is 10.0. The molecule has 4 nitrogen and oxygen atoms in total. The van der Waals surface area contributed by atoms with Gasteiger partial charge in [-0.1, -0.05) is 24.3 Å². The van der Waals surface area contributed by atoms with Crippen molar-refractivity contribution in [3.05, 3.63) is 35.4 Å². The van der Waals surface area contributed by atoms with Gasteiger partial charge in [0.05, 0.1) is 17.6 Å². The Bertz CT molecular complexity index is 482. The molecule has 96 valence electrons. The summed E-state index contributed by atoms with van der Waals surface area (Å²) >= 11 is 0. The number of carbonyl (C=O) groups excluding carboxylic acids is 1. The van der Waals surface area contributed by atoms with Gasteiger partial charge in [0, 0.05) is 13.0 Å². The summed E-state index contributed by atoms with van der Waals surface area (Å²) in [5.41, 5.74) is 7.44. The number of carbonyl (C=O) groups is 1. The van der Waals surface area contributed by atoms with Gasteiger partial charge in [-0.05, 0) is 24.0 Å². The van der Waals surface area contributed by atoms with Crippen molar-refractivity contribution in [1.29, 1.82) is 0 Å². The Labute approximate surface area is 106 Å². The second kappa shape index (κ2) is 4.07. The molecule has 2 atom stereocenters. The topological polar surface area (TPSA) is 75.4 Å². The lowest BCUT2D eigenvalue weighted by molar-refractivity contribution is -0.127. The minimum absolute atomic E-state index is 0.00856. The van der Waals surface area contributed by atoms with Crippen LogP contribution in [0.3, 0.4) is 0 Å². The third kappa shape index (κ3) is 1.72. The fourth-order valence-electron chi connectivity index (χ4n) is 2.72. The van der Waals surface area contributed by atoms with Gasteiger partial charge in [0.15, 0.2) is 0 Å².